The van der Waals surface area contributed by atoms with Gasteiger partial charge in [-0.25, -0.2) is 4.68 Å². The molecule has 1 atom stereocenters. The van der Waals surface area contributed by atoms with Crippen molar-refractivity contribution in [1.82, 2.24) is 15.1 Å². The number of para-hydroxylation sites is 1. The van der Waals surface area contributed by atoms with Crippen molar-refractivity contribution in [1.29, 1.82) is 0 Å². The first-order valence-corrected chi connectivity index (χ1v) is 8.59. The number of alkyl halides is 3. The molecular weight excluding hydrogens is 367 g/mol. The number of hydrogen-bond acceptors (Lipinski definition) is 2. The van der Waals surface area contributed by atoms with E-state index in [4.69, 9.17) is 0 Å². The first-order valence-electron chi connectivity index (χ1n) is 8.59. The zero-order chi connectivity index (χ0) is 20.1. The lowest BCUT2D eigenvalue weighted by molar-refractivity contribution is -0.137. The van der Waals surface area contributed by atoms with E-state index in [0.717, 1.165) is 23.4 Å². The van der Waals surface area contributed by atoms with Gasteiger partial charge in [-0.2, -0.15) is 18.3 Å². The molecule has 1 unspecified atom stereocenters. The molecule has 0 spiro atoms. The molecule has 1 aromatic heterocycles. The third-order valence-electron chi connectivity index (χ3n) is 4.15. The molecule has 0 aliphatic rings. The summed E-state index contributed by atoms with van der Waals surface area (Å²) in [5, 5.41) is 6.97. The molecule has 0 aliphatic carbocycles. The first-order chi connectivity index (χ1) is 13.3. The molecule has 2 aromatic carbocycles. The molecule has 1 N–H and O–H groups in total. The Labute approximate surface area is 160 Å². The van der Waals surface area contributed by atoms with Crippen LogP contribution in [0.3, 0.4) is 0 Å². The van der Waals surface area contributed by atoms with Crippen LogP contribution < -0.4 is 5.32 Å². The number of aromatic nitrogens is 2. The molecule has 28 heavy (non-hydrogen) atoms. The summed E-state index contributed by atoms with van der Waals surface area (Å²) in [5.74, 6) is -0.347. The Kier molecular flexibility index (Phi) is 5.63. The lowest BCUT2D eigenvalue weighted by Gasteiger charge is -2.14. The van der Waals surface area contributed by atoms with Crippen molar-refractivity contribution in [3.63, 3.8) is 0 Å². The normalized spacial score (nSPS) is 12.9. The predicted molar refractivity (Wildman–Crippen MR) is 101 cm³/mol. The average Bonchev–Trinajstić information content (AvgIpc) is 3.15. The minimum Gasteiger partial charge on any atom is -0.346 e. The topological polar surface area (TPSA) is 46.9 Å². The highest BCUT2D eigenvalue weighted by molar-refractivity contribution is 5.91. The van der Waals surface area contributed by atoms with Gasteiger partial charge in [0.15, 0.2) is 0 Å². The summed E-state index contributed by atoms with van der Waals surface area (Å²) in [6, 6.07) is 13.9. The molecule has 0 fully saturated rings. The van der Waals surface area contributed by atoms with Gasteiger partial charge in [-0.1, -0.05) is 30.3 Å². The quantitative estimate of drug-likeness (QED) is 0.643. The summed E-state index contributed by atoms with van der Waals surface area (Å²) in [6.07, 6.45) is 2.04. The van der Waals surface area contributed by atoms with Gasteiger partial charge in [0.25, 0.3) is 0 Å². The lowest BCUT2D eigenvalue weighted by Crippen LogP contribution is -2.24. The number of nitrogens with zero attached hydrogens (tertiary/aromatic N) is 2. The van der Waals surface area contributed by atoms with Gasteiger partial charge in [0.05, 0.1) is 23.5 Å². The zero-order valence-corrected chi connectivity index (χ0v) is 15.0. The van der Waals surface area contributed by atoms with Gasteiger partial charge in [0.2, 0.25) is 5.91 Å². The molecule has 4 nitrogen and oxygen atoms in total. The van der Waals surface area contributed by atoms with Gasteiger partial charge in [0, 0.05) is 17.8 Å². The van der Waals surface area contributed by atoms with Gasteiger partial charge in [-0.3, -0.25) is 4.79 Å². The Morgan fingerprint density at radius 2 is 1.79 bits per heavy atom. The van der Waals surface area contributed by atoms with Crippen molar-refractivity contribution >= 4 is 12.0 Å². The second-order valence-electron chi connectivity index (χ2n) is 6.24. The molecule has 0 radical (unpaired) electrons. The molecule has 1 amide bonds. The zero-order valence-electron chi connectivity index (χ0n) is 15.0. The van der Waals surface area contributed by atoms with Gasteiger partial charge in [-0.15, -0.1) is 0 Å². The molecule has 0 saturated carbocycles. The van der Waals surface area contributed by atoms with Crippen molar-refractivity contribution in [2.24, 2.45) is 0 Å². The van der Waals surface area contributed by atoms with E-state index in [-0.39, 0.29) is 5.91 Å². The first kappa shape index (κ1) is 19.4. The largest absolute Gasteiger partial charge is 0.416 e. The van der Waals surface area contributed by atoms with E-state index < -0.39 is 17.8 Å². The lowest BCUT2D eigenvalue weighted by atomic mass is 10.1. The molecule has 3 aromatic rings. The van der Waals surface area contributed by atoms with Crippen LogP contribution in [0.2, 0.25) is 0 Å². The van der Waals surface area contributed by atoms with Crippen molar-refractivity contribution in [3.05, 3.63) is 89.8 Å². The fraction of sp³-hybridized carbons (Fsp3) is 0.143. The van der Waals surface area contributed by atoms with E-state index in [0.29, 0.717) is 5.56 Å². The minimum atomic E-state index is -4.38. The van der Waals surface area contributed by atoms with Gasteiger partial charge < -0.3 is 5.32 Å². The monoisotopic (exact) mass is 385 g/mol. The van der Waals surface area contributed by atoms with Crippen LogP contribution >= 0.6 is 0 Å². The van der Waals surface area contributed by atoms with Gasteiger partial charge in [0.1, 0.15) is 0 Å². The Balaban J connectivity index is 1.60. The summed E-state index contributed by atoms with van der Waals surface area (Å²) >= 11 is 0. The molecule has 1 heterocycles. The number of amides is 1. The Bertz CT molecular complexity index is 961. The summed E-state index contributed by atoms with van der Waals surface area (Å²) in [7, 11) is 0. The third kappa shape index (κ3) is 4.88. The summed E-state index contributed by atoms with van der Waals surface area (Å²) < 4.78 is 39.5. The Morgan fingerprint density at radius 1 is 1.11 bits per heavy atom. The van der Waals surface area contributed by atoms with E-state index >= 15 is 0 Å². The number of carbonyl (C=O) groups is 1. The molecule has 144 valence electrons. The molecular formula is C21H18F3N3O. The number of benzene rings is 2. The number of halogens is 3. The highest BCUT2D eigenvalue weighted by Crippen LogP contribution is 2.29. The maximum Gasteiger partial charge on any atom is 0.416 e. The smallest absolute Gasteiger partial charge is 0.346 e. The van der Waals surface area contributed by atoms with Crippen molar-refractivity contribution < 1.29 is 18.0 Å². The van der Waals surface area contributed by atoms with Crippen LogP contribution in [0.25, 0.3) is 11.8 Å². The van der Waals surface area contributed by atoms with Crippen LogP contribution in [0.4, 0.5) is 13.2 Å². The van der Waals surface area contributed by atoms with E-state index in [1.54, 1.807) is 30.1 Å². The Morgan fingerprint density at radius 3 is 2.43 bits per heavy atom. The molecule has 0 aliphatic heterocycles. The minimum absolute atomic E-state index is 0.347. The van der Waals surface area contributed by atoms with Crippen molar-refractivity contribution in [2.75, 3.05) is 0 Å². The van der Waals surface area contributed by atoms with E-state index in [9.17, 15) is 18.0 Å². The maximum absolute atomic E-state index is 12.6. The molecule has 0 saturated heterocycles. The van der Waals surface area contributed by atoms with Gasteiger partial charge in [-0.05, 0) is 42.8 Å². The number of nitrogens with one attached hydrogen (secondary N) is 1. The highest BCUT2D eigenvalue weighted by atomic mass is 19.4. The van der Waals surface area contributed by atoms with Crippen LogP contribution in [0, 0.1) is 0 Å². The highest BCUT2D eigenvalue weighted by Gasteiger charge is 2.30. The van der Waals surface area contributed by atoms with Crippen molar-refractivity contribution in [2.45, 2.75) is 19.1 Å². The number of hydrogen-bond donors (Lipinski definition) is 1. The van der Waals surface area contributed by atoms with Crippen LogP contribution in [0.1, 0.15) is 29.7 Å². The molecule has 7 heteroatoms. The average molecular weight is 385 g/mol. The SMILES string of the molecule is CC(NC(=O)/C=C/c1cnn(-c2ccccc2)c1)c1ccc(C(F)(F)F)cc1. The van der Waals surface area contributed by atoms with Crippen LogP contribution in [-0.2, 0) is 11.0 Å². The number of carbonyl (C=O) groups excluding carboxylic acids is 1. The van der Waals surface area contributed by atoms with E-state index in [2.05, 4.69) is 10.4 Å². The summed E-state index contributed by atoms with van der Waals surface area (Å²) in [5.41, 5.74) is 1.53. The Hall–Kier alpha value is -3.35. The van der Waals surface area contributed by atoms with E-state index in [1.807, 2.05) is 30.3 Å². The van der Waals surface area contributed by atoms with Gasteiger partial charge >= 0.3 is 6.18 Å². The maximum atomic E-state index is 12.6. The number of rotatable bonds is 5. The van der Waals surface area contributed by atoms with Crippen LogP contribution in [-0.4, -0.2) is 15.7 Å². The summed E-state index contributed by atoms with van der Waals surface area (Å²) in [6.45, 7) is 1.71. The molecule has 3 rings (SSSR count). The van der Waals surface area contributed by atoms with Crippen molar-refractivity contribution in [3.8, 4) is 5.69 Å². The predicted octanol–water partition coefficient (Wildman–Crippen LogP) is 4.78. The molecule has 0 bridgehead atoms. The van der Waals surface area contributed by atoms with Crippen LogP contribution in [0.15, 0.2) is 73.1 Å². The van der Waals surface area contributed by atoms with E-state index in [1.165, 1.54) is 18.2 Å². The summed E-state index contributed by atoms with van der Waals surface area (Å²) in [4.78, 5) is 12.1. The second-order valence-corrected chi connectivity index (χ2v) is 6.24. The second kappa shape index (κ2) is 8.12. The third-order valence-corrected chi connectivity index (χ3v) is 4.15. The fourth-order valence-corrected chi connectivity index (χ4v) is 2.62. The fourth-order valence-electron chi connectivity index (χ4n) is 2.62. The standard InChI is InChI=1S/C21H18F3N3O/c1-15(17-8-10-18(11-9-17)21(22,23)24)26-20(28)12-7-16-13-25-27(14-16)19-5-3-2-4-6-19/h2-15H,1H3,(H,26,28)/b12-7+. The van der Waals surface area contributed by atoms with Crippen LogP contribution in [0.5, 0.6) is 0 Å².